The van der Waals surface area contributed by atoms with Crippen LogP contribution in [0.4, 0.5) is 16.2 Å². The highest BCUT2D eigenvalue weighted by Crippen LogP contribution is 2.38. The fourth-order valence-electron chi connectivity index (χ4n) is 5.41. The summed E-state index contributed by atoms with van der Waals surface area (Å²) in [6.45, 7) is 12.8. The smallest absolute Gasteiger partial charge is 0.316 e. The van der Waals surface area contributed by atoms with Crippen molar-refractivity contribution in [3.8, 4) is 16.9 Å². The topological polar surface area (TPSA) is 76.2 Å². The predicted octanol–water partition coefficient (Wildman–Crippen LogP) is 6.51. The normalized spacial score (nSPS) is 13.4. The second-order valence-corrected chi connectivity index (χ2v) is 10.9. The van der Waals surface area contributed by atoms with Crippen molar-refractivity contribution in [2.24, 2.45) is 5.73 Å². The number of aromatic nitrogens is 2. The van der Waals surface area contributed by atoms with Crippen molar-refractivity contribution >= 4 is 17.4 Å². The van der Waals surface area contributed by atoms with E-state index in [9.17, 15) is 4.79 Å². The van der Waals surface area contributed by atoms with Gasteiger partial charge in [0.15, 0.2) is 0 Å². The SMILES string of the molecule is Cc1cccc(C)c1-n1nc2c(c1-c1ccc(NC(N)=O)cc1)CN(c1ccccc1C(C)(C)C)CC2. The van der Waals surface area contributed by atoms with Crippen LogP contribution in [0.5, 0.6) is 0 Å². The van der Waals surface area contributed by atoms with E-state index in [-0.39, 0.29) is 5.41 Å². The number of primary amides is 1. The van der Waals surface area contributed by atoms with E-state index in [2.05, 4.69) is 92.0 Å². The van der Waals surface area contributed by atoms with Crippen molar-refractivity contribution < 1.29 is 4.79 Å². The van der Waals surface area contributed by atoms with Gasteiger partial charge in [-0.1, -0.05) is 69.3 Å². The summed E-state index contributed by atoms with van der Waals surface area (Å²) in [5.74, 6) is 0. The maximum Gasteiger partial charge on any atom is 0.316 e. The highest BCUT2D eigenvalue weighted by molar-refractivity contribution is 5.88. The number of rotatable bonds is 4. The summed E-state index contributed by atoms with van der Waals surface area (Å²) < 4.78 is 2.13. The fourth-order valence-corrected chi connectivity index (χ4v) is 5.41. The van der Waals surface area contributed by atoms with E-state index in [4.69, 9.17) is 10.8 Å². The van der Waals surface area contributed by atoms with Gasteiger partial charge < -0.3 is 16.0 Å². The summed E-state index contributed by atoms with van der Waals surface area (Å²) >= 11 is 0. The van der Waals surface area contributed by atoms with Crippen molar-refractivity contribution in [2.75, 3.05) is 16.8 Å². The molecule has 2 heterocycles. The lowest BCUT2D eigenvalue weighted by molar-refractivity contribution is 0.259. The molecule has 2 amide bonds. The standard InChI is InChI=1S/C31H35N5O/c1-20-9-8-10-21(2)28(20)36-29(22-13-15-23(16-14-22)33-30(32)37)24-19-35(18-17-26(24)34-36)27-12-7-6-11-25(27)31(3,4)5/h6-16H,17-19H2,1-5H3,(H3,32,33,37). The fraction of sp³-hybridized carbons (Fsp3) is 0.290. The Morgan fingerprint density at radius 2 is 1.62 bits per heavy atom. The molecule has 1 aliphatic heterocycles. The zero-order valence-electron chi connectivity index (χ0n) is 22.3. The number of fused-ring (bicyclic) bond motifs is 1. The number of amides is 2. The first-order valence-corrected chi connectivity index (χ1v) is 12.8. The van der Waals surface area contributed by atoms with Crippen molar-refractivity contribution in [1.82, 2.24) is 9.78 Å². The van der Waals surface area contributed by atoms with Crippen LogP contribution >= 0.6 is 0 Å². The maximum atomic E-state index is 11.3. The summed E-state index contributed by atoms with van der Waals surface area (Å²) in [7, 11) is 0. The number of carbonyl (C=O) groups excluding carboxylic acids is 1. The monoisotopic (exact) mass is 493 g/mol. The van der Waals surface area contributed by atoms with E-state index in [0.29, 0.717) is 5.69 Å². The molecule has 1 aromatic heterocycles. The molecular formula is C31H35N5O. The molecule has 190 valence electrons. The van der Waals surface area contributed by atoms with E-state index in [1.165, 1.54) is 27.9 Å². The number of hydrogen-bond donors (Lipinski definition) is 2. The van der Waals surface area contributed by atoms with Crippen LogP contribution in [0.1, 0.15) is 48.7 Å². The summed E-state index contributed by atoms with van der Waals surface area (Å²) in [5.41, 5.74) is 16.7. The van der Waals surface area contributed by atoms with Gasteiger partial charge >= 0.3 is 6.03 Å². The number of benzene rings is 3. The second-order valence-electron chi connectivity index (χ2n) is 10.9. The van der Waals surface area contributed by atoms with Gasteiger partial charge in [-0.25, -0.2) is 9.48 Å². The molecule has 3 aromatic carbocycles. The Kier molecular flexibility index (Phi) is 6.28. The van der Waals surface area contributed by atoms with Crippen LogP contribution in [-0.2, 0) is 18.4 Å². The third-order valence-corrected chi connectivity index (χ3v) is 7.16. The number of hydrogen-bond acceptors (Lipinski definition) is 3. The molecule has 5 rings (SSSR count). The Morgan fingerprint density at radius 1 is 0.946 bits per heavy atom. The number of nitrogens with two attached hydrogens (primary N) is 1. The molecule has 1 aliphatic rings. The predicted molar refractivity (Wildman–Crippen MR) is 152 cm³/mol. The second kappa shape index (κ2) is 9.43. The first-order chi connectivity index (χ1) is 17.6. The average Bonchev–Trinajstić information content (AvgIpc) is 3.22. The molecule has 0 aliphatic carbocycles. The lowest BCUT2D eigenvalue weighted by Gasteiger charge is -2.34. The van der Waals surface area contributed by atoms with Crippen LogP contribution in [0.25, 0.3) is 16.9 Å². The number of nitrogens with zero attached hydrogens (tertiary/aromatic N) is 3. The Morgan fingerprint density at radius 3 is 2.27 bits per heavy atom. The van der Waals surface area contributed by atoms with Gasteiger partial charge in [-0.3, -0.25) is 0 Å². The van der Waals surface area contributed by atoms with Gasteiger partial charge in [0.1, 0.15) is 0 Å². The molecule has 0 saturated heterocycles. The summed E-state index contributed by atoms with van der Waals surface area (Å²) in [4.78, 5) is 13.8. The van der Waals surface area contributed by atoms with Gasteiger partial charge in [-0.2, -0.15) is 5.10 Å². The number of anilines is 2. The highest BCUT2D eigenvalue weighted by Gasteiger charge is 2.29. The van der Waals surface area contributed by atoms with Gasteiger partial charge in [-0.15, -0.1) is 0 Å². The Labute approximate surface area is 219 Å². The van der Waals surface area contributed by atoms with Crippen molar-refractivity contribution in [3.63, 3.8) is 0 Å². The minimum atomic E-state index is -0.570. The van der Waals surface area contributed by atoms with Crippen LogP contribution in [0.3, 0.4) is 0 Å². The van der Waals surface area contributed by atoms with Crippen LogP contribution in [-0.4, -0.2) is 22.4 Å². The molecule has 0 bridgehead atoms. The number of urea groups is 1. The molecule has 0 spiro atoms. The van der Waals surface area contributed by atoms with E-state index >= 15 is 0 Å². The third kappa shape index (κ3) is 4.71. The van der Waals surface area contributed by atoms with Gasteiger partial charge in [-0.05, 0) is 54.2 Å². The molecule has 0 radical (unpaired) electrons. The van der Waals surface area contributed by atoms with Gasteiger partial charge in [0.05, 0.1) is 17.1 Å². The van der Waals surface area contributed by atoms with E-state index in [0.717, 1.165) is 42.1 Å². The van der Waals surface area contributed by atoms with Crippen LogP contribution in [0.2, 0.25) is 0 Å². The number of carbonyl (C=O) groups is 1. The number of para-hydroxylation sites is 2. The first kappa shape index (κ1) is 24.6. The Hall–Kier alpha value is -4.06. The van der Waals surface area contributed by atoms with E-state index < -0.39 is 6.03 Å². The molecule has 0 saturated carbocycles. The molecule has 0 unspecified atom stereocenters. The molecule has 3 N–H and O–H groups in total. The Balaban J connectivity index is 1.66. The molecule has 4 aromatic rings. The molecule has 6 nitrogen and oxygen atoms in total. The van der Waals surface area contributed by atoms with Crippen LogP contribution in [0, 0.1) is 13.8 Å². The molecule has 0 fully saturated rings. The number of nitrogens with one attached hydrogen (secondary N) is 1. The molecule has 0 atom stereocenters. The molecule has 37 heavy (non-hydrogen) atoms. The Bertz CT molecular complexity index is 1440. The minimum absolute atomic E-state index is 0.0470. The van der Waals surface area contributed by atoms with Crippen molar-refractivity contribution in [2.45, 2.75) is 53.0 Å². The summed E-state index contributed by atoms with van der Waals surface area (Å²) in [6, 6.07) is 22.4. The van der Waals surface area contributed by atoms with Gasteiger partial charge in [0.25, 0.3) is 0 Å². The summed E-state index contributed by atoms with van der Waals surface area (Å²) in [5, 5.41) is 7.85. The molecule has 6 heteroatoms. The quantitative estimate of drug-likeness (QED) is 0.340. The van der Waals surface area contributed by atoms with Crippen LogP contribution < -0.4 is 16.0 Å². The van der Waals surface area contributed by atoms with E-state index in [1.807, 2.05) is 24.3 Å². The number of aryl methyl sites for hydroxylation is 2. The minimum Gasteiger partial charge on any atom is -0.366 e. The highest BCUT2D eigenvalue weighted by atomic mass is 16.2. The third-order valence-electron chi connectivity index (χ3n) is 7.16. The van der Waals surface area contributed by atoms with Gasteiger partial charge in [0, 0.05) is 42.0 Å². The zero-order chi connectivity index (χ0) is 26.3. The average molecular weight is 494 g/mol. The van der Waals surface area contributed by atoms with Crippen LogP contribution in [0.15, 0.2) is 66.7 Å². The van der Waals surface area contributed by atoms with Crippen molar-refractivity contribution in [1.29, 1.82) is 0 Å². The summed E-state index contributed by atoms with van der Waals surface area (Å²) in [6.07, 6.45) is 0.875. The molecular weight excluding hydrogens is 458 g/mol. The van der Waals surface area contributed by atoms with Gasteiger partial charge in [0.2, 0.25) is 0 Å². The first-order valence-electron chi connectivity index (χ1n) is 12.8. The lowest BCUT2D eigenvalue weighted by atomic mass is 9.85. The zero-order valence-corrected chi connectivity index (χ0v) is 22.3. The van der Waals surface area contributed by atoms with Crippen molar-refractivity contribution in [3.05, 3.63) is 94.7 Å². The largest absolute Gasteiger partial charge is 0.366 e. The van der Waals surface area contributed by atoms with E-state index in [1.54, 1.807) is 0 Å². The lowest BCUT2D eigenvalue weighted by Crippen LogP contribution is -2.32. The maximum absolute atomic E-state index is 11.3.